The van der Waals surface area contributed by atoms with Gasteiger partial charge in [0.15, 0.2) is 0 Å². The molecule has 2 saturated carbocycles. The Morgan fingerprint density at radius 1 is 1.27 bits per heavy atom. The van der Waals surface area contributed by atoms with Crippen molar-refractivity contribution >= 4 is 38.9 Å². The van der Waals surface area contributed by atoms with E-state index < -0.39 is 32.7 Å². The number of hydrogen-bond acceptors (Lipinski definition) is 9. The number of carbonyl (C=O) groups is 2. The van der Waals surface area contributed by atoms with E-state index in [9.17, 15) is 27.4 Å². The number of aromatic nitrogens is 3. The molecule has 2 aromatic heterocycles. The molecule has 0 aromatic carbocycles. The van der Waals surface area contributed by atoms with Gasteiger partial charge in [-0.15, -0.1) is 0 Å². The molecule has 2 aromatic rings. The molecule has 3 fully saturated rings. The van der Waals surface area contributed by atoms with Crippen molar-refractivity contribution in [3.05, 3.63) is 28.2 Å². The number of ketones is 1. The Kier molecular flexibility index (Phi) is 7.16. The Bertz CT molecular complexity index is 1400. The summed E-state index contributed by atoms with van der Waals surface area (Å²) in [5, 5.41) is 11.6. The molecule has 3 heterocycles. The Labute approximate surface area is 214 Å². The Morgan fingerprint density at radius 3 is 2.46 bits per heavy atom. The van der Waals surface area contributed by atoms with Gasteiger partial charge in [-0.05, 0) is 31.1 Å². The summed E-state index contributed by atoms with van der Waals surface area (Å²) in [7, 11) is -4.33. The highest BCUT2D eigenvalue weighted by Crippen LogP contribution is 2.64. The van der Waals surface area contributed by atoms with Gasteiger partial charge in [-0.3, -0.25) is 9.59 Å². The maximum absolute atomic E-state index is 12.2. The topological polar surface area (TPSA) is 179 Å². The van der Waals surface area contributed by atoms with Crippen LogP contribution in [0.25, 0.3) is 11.0 Å². The first-order chi connectivity index (χ1) is 17.3. The van der Waals surface area contributed by atoms with E-state index in [-0.39, 0.29) is 28.1 Å². The zero-order valence-corrected chi connectivity index (χ0v) is 22.1. The zero-order valence-electron chi connectivity index (χ0n) is 21.3. The fourth-order valence-electron chi connectivity index (χ4n) is 6.07. The largest absolute Gasteiger partial charge is 0.748 e. The van der Waals surface area contributed by atoms with Crippen molar-refractivity contribution in [1.82, 2.24) is 14.5 Å². The number of carboxylic acids is 1. The summed E-state index contributed by atoms with van der Waals surface area (Å²) in [4.78, 5) is 46.1. The maximum atomic E-state index is 12.2. The van der Waals surface area contributed by atoms with Gasteiger partial charge >= 0.3 is 5.97 Å². The van der Waals surface area contributed by atoms with Gasteiger partial charge in [0.05, 0.1) is 47.4 Å². The number of hydrogen-bond donors (Lipinski definition) is 2. The van der Waals surface area contributed by atoms with Crippen LogP contribution in [0.2, 0.25) is 0 Å². The van der Waals surface area contributed by atoms with Crippen LogP contribution in [0.1, 0.15) is 50.4 Å². The smallest absolute Gasteiger partial charge is 0.341 e. The fourth-order valence-corrected chi connectivity index (χ4v) is 7.35. The molecule has 0 amide bonds. The molecule has 2 aliphatic carbocycles. The molecule has 5 rings (SSSR count). The van der Waals surface area contributed by atoms with E-state index in [1.165, 1.54) is 12.4 Å². The van der Waals surface area contributed by atoms with E-state index in [1.54, 1.807) is 4.57 Å². The molecule has 3 N–H and O–H groups in total. The first-order valence-electron chi connectivity index (χ1n) is 12.5. The number of carboxylic acid groups (broad SMARTS) is 1. The minimum absolute atomic E-state index is 0.0248. The summed E-state index contributed by atoms with van der Waals surface area (Å²) in [5.74, 6) is -0.924. The van der Waals surface area contributed by atoms with Crippen molar-refractivity contribution in [3.63, 3.8) is 0 Å². The van der Waals surface area contributed by atoms with Gasteiger partial charge in [-0.1, -0.05) is 13.8 Å². The van der Waals surface area contributed by atoms with Crippen molar-refractivity contribution in [2.45, 2.75) is 46.6 Å². The Hall–Kier alpha value is -2.90. The summed E-state index contributed by atoms with van der Waals surface area (Å²) in [5.41, 5.74) is -1.53. The molecule has 0 spiro atoms. The number of fused-ring (bicyclic) bond motifs is 3. The average Bonchev–Trinajstić information content (AvgIpc) is 3.18. The minimum atomic E-state index is -4.33. The minimum Gasteiger partial charge on any atom is -0.748 e. The third-order valence-electron chi connectivity index (χ3n) is 8.42. The van der Waals surface area contributed by atoms with Crippen LogP contribution >= 0.6 is 0 Å². The number of aromatic carboxylic acids is 1. The second-order valence-corrected chi connectivity index (χ2v) is 12.0. The highest BCUT2D eigenvalue weighted by Gasteiger charge is 2.64. The molecule has 37 heavy (non-hydrogen) atoms. The van der Waals surface area contributed by atoms with E-state index in [0.717, 1.165) is 32.6 Å². The molecular weight excluding hydrogens is 502 g/mol. The van der Waals surface area contributed by atoms with Crippen molar-refractivity contribution in [3.8, 4) is 0 Å². The second-order valence-electron chi connectivity index (χ2n) is 10.6. The van der Waals surface area contributed by atoms with Gasteiger partial charge in [0.1, 0.15) is 17.0 Å². The number of pyridine rings is 1. The van der Waals surface area contributed by atoms with Crippen LogP contribution in [0.5, 0.6) is 0 Å². The molecule has 2 atom stereocenters. The number of rotatable bonds is 5. The van der Waals surface area contributed by atoms with Gasteiger partial charge in [0, 0.05) is 30.8 Å². The number of aryl methyl sites for hydroxylation is 1. The molecule has 0 radical (unpaired) electrons. The standard InChI is InChI=1S/C14H17N5O3.C10H16O4S/c1-2-18-8-10(13(21)22)11(20)9-7-16-14(17-12(9)18)19-5-3-15-4-6-19;1-9(2)7-3-4-10(9,8(11)5-7)6-15(12,13)14/h7-8,15H,2-6H2,1H3,(H,21,22);7H,3-6H2,1-2H3,(H,12,13,14)/t;7-,10-/m.1/s1. The van der Waals surface area contributed by atoms with Crippen molar-refractivity contribution < 1.29 is 33.0 Å². The molecule has 202 valence electrons. The first kappa shape index (κ1) is 27.1. The van der Waals surface area contributed by atoms with E-state index in [1.807, 2.05) is 20.8 Å². The predicted molar refractivity (Wildman–Crippen MR) is 133 cm³/mol. The zero-order chi connectivity index (χ0) is 27.2. The molecular formula is C24H33N5O7S. The van der Waals surface area contributed by atoms with E-state index in [4.69, 9.17) is 5.11 Å². The normalized spacial score (nSPS) is 24.7. The van der Waals surface area contributed by atoms with Crippen LogP contribution in [0.15, 0.2) is 17.2 Å². The number of piperazine rings is 1. The molecule has 13 heteroatoms. The molecule has 1 aliphatic heterocycles. The van der Waals surface area contributed by atoms with Gasteiger partial charge in [0.2, 0.25) is 11.4 Å². The van der Waals surface area contributed by atoms with Crippen LogP contribution in [0.3, 0.4) is 0 Å². The fraction of sp³-hybridized carbons (Fsp3) is 0.625. The van der Waals surface area contributed by atoms with E-state index in [0.29, 0.717) is 31.0 Å². The summed E-state index contributed by atoms with van der Waals surface area (Å²) < 4.78 is 34.4. The van der Waals surface area contributed by atoms with Crippen LogP contribution in [-0.2, 0) is 21.5 Å². The predicted octanol–water partition coefficient (Wildman–Crippen LogP) is -0.180. The lowest BCUT2D eigenvalue weighted by Gasteiger charge is -2.37. The lowest BCUT2D eigenvalue weighted by molar-refractivity contribution is -0.655. The summed E-state index contributed by atoms with van der Waals surface area (Å²) >= 11 is 0. The van der Waals surface area contributed by atoms with Gasteiger partial charge in [-0.2, -0.15) is 4.98 Å². The highest BCUT2D eigenvalue weighted by molar-refractivity contribution is 7.85. The van der Waals surface area contributed by atoms with Gasteiger partial charge in [-0.25, -0.2) is 18.2 Å². The van der Waals surface area contributed by atoms with Crippen molar-refractivity contribution in [2.75, 3.05) is 36.8 Å². The molecule has 2 bridgehead atoms. The van der Waals surface area contributed by atoms with Crippen molar-refractivity contribution in [1.29, 1.82) is 0 Å². The molecule has 0 unspecified atom stereocenters. The maximum Gasteiger partial charge on any atom is 0.341 e. The summed E-state index contributed by atoms with van der Waals surface area (Å²) in [6, 6.07) is 0. The quantitative estimate of drug-likeness (QED) is 0.488. The number of anilines is 1. The number of carbonyl (C=O) groups excluding carboxylic acids is 1. The molecule has 12 nitrogen and oxygen atoms in total. The van der Waals surface area contributed by atoms with Crippen LogP contribution in [0, 0.1) is 16.7 Å². The second kappa shape index (κ2) is 9.76. The first-order valence-corrected chi connectivity index (χ1v) is 14.1. The van der Waals surface area contributed by atoms with E-state index >= 15 is 0 Å². The summed E-state index contributed by atoms with van der Waals surface area (Å²) in [6.45, 7) is 9.93. The van der Waals surface area contributed by atoms with E-state index in [2.05, 4.69) is 20.2 Å². The van der Waals surface area contributed by atoms with Gasteiger partial charge < -0.3 is 24.4 Å². The lowest BCUT2D eigenvalue weighted by Crippen LogP contribution is -2.89. The third kappa shape index (κ3) is 4.87. The molecule has 1 saturated heterocycles. The number of Topliss-reactive ketones (excluding diaryl/α,β-unsaturated/α-hetero) is 1. The third-order valence-corrected chi connectivity index (χ3v) is 9.27. The van der Waals surface area contributed by atoms with Crippen LogP contribution in [0.4, 0.5) is 5.95 Å². The highest BCUT2D eigenvalue weighted by atomic mass is 32.2. The average molecular weight is 536 g/mol. The summed E-state index contributed by atoms with van der Waals surface area (Å²) in [6.07, 6.45) is 4.67. The van der Waals surface area contributed by atoms with Crippen LogP contribution in [-0.4, -0.2) is 76.3 Å². The monoisotopic (exact) mass is 535 g/mol. The van der Waals surface area contributed by atoms with Gasteiger partial charge in [0.25, 0.3) is 0 Å². The SMILES string of the molecule is CC1(C)[C@@H]2CC[C@@]1(CS(=O)(=O)[O-])C(=O)C2.CCn1cc(C(=O)O)c(=O)c2cnc(N3CC[NH2+]CC3)nc21. The number of nitrogens with two attached hydrogens (primary N) is 1. The molecule has 3 aliphatic rings. The number of nitrogens with zero attached hydrogens (tertiary/aromatic N) is 4. The number of quaternary nitrogens is 1. The Morgan fingerprint density at radius 2 is 1.95 bits per heavy atom. The van der Waals surface area contributed by atoms with Crippen molar-refractivity contribution in [2.24, 2.45) is 16.7 Å². The lowest BCUT2D eigenvalue weighted by atomic mass is 9.70. The Balaban J connectivity index is 0.000000186. The van der Waals surface area contributed by atoms with Crippen LogP contribution < -0.4 is 15.6 Å².